The summed E-state index contributed by atoms with van der Waals surface area (Å²) >= 11 is 0. The van der Waals surface area contributed by atoms with Gasteiger partial charge in [-0.15, -0.1) is 0 Å². The van der Waals surface area contributed by atoms with Crippen molar-refractivity contribution in [2.75, 3.05) is 13.1 Å². The average Bonchev–Trinajstić information content (AvgIpc) is 2.62. The molecule has 5 heteroatoms. The number of carbonyl (C=O) groups is 2. The predicted molar refractivity (Wildman–Crippen MR) is 95.1 cm³/mol. The number of nitrogens with one attached hydrogen (secondary N) is 1. The monoisotopic (exact) mass is 331 g/mol. The molecule has 0 spiro atoms. The van der Waals surface area contributed by atoms with Crippen molar-refractivity contribution >= 4 is 11.8 Å². The summed E-state index contributed by atoms with van der Waals surface area (Å²) in [4.78, 5) is 31.1. The van der Waals surface area contributed by atoms with Crippen molar-refractivity contribution in [1.29, 1.82) is 0 Å². The number of pyridine rings is 1. The van der Waals surface area contributed by atoms with E-state index in [0.717, 1.165) is 25.7 Å². The second kappa shape index (κ2) is 9.40. The first-order chi connectivity index (χ1) is 11.7. The Balaban J connectivity index is 2.06. The van der Waals surface area contributed by atoms with Gasteiger partial charge in [-0.05, 0) is 37.8 Å². The van der Waals surface area contributed by atoms with E-state index in [9.17, 15) is 9.59 Å². The van der Waals surface area contributed by atoms with Gasteiger partial charge < -0.3 is 10.2 Å². The van der Waals surface area contributed by atoms with Crippen LogP contribution in [0, 0.1) is 0 Å². The summed E-state index contributed by atoms with van der Waals surface area (Å²) < 4.78 is 0. The molecular formula is C19H29N3O2. The predicted octanol–water partition coefficient (Wildman–Crippen LogP) is 3.41. The highest BCUT2D eigenvalue weighted by molar-refractivity contribution is 5.98. The van der Waals surface area contributed by atoms with Gasteiger partial charge in [0.15, 0.2) is 0 Å². The molecule has 2 amide bonds. The molecule has 0 aliphatic heterocycles. The van der Waals surface area contributed by atoms with E-state index in [-0.39, 0.29) is 17.9 Å². The van der Waals surface area contributed by atoms with Crippen LogP contribution >= 0.6 is 0 Å². The normalized spacial score (nSPS) is 15.1. The third-order valence-corrected chi connectivity index (χ3v) is 4.46. The number of nitrogens with zero attached hydrogens (tertiary/aromatic N) is 2. The molecule has 2 rings (SSSR count). The third kappa shape index (κ3) is 5.05. The SMILES string of the molecule is CCCN(CCC)C(=O)c1cc(C(=O)NC2CCCCC2)ccn1. The molecule has 0 atom stereocenters. The van der Waals surface area contributed by atoms with E-state index in [0.29, 0.717) is 24.3 Å². The average molecular weight is 331 g/mol. The third-order valence-electron chi connectivity index (χ3n) is 4.46. The highest BCUT2D eigenvalue weighted by Gasteiger charge is 2.20. The number of hydrogen-bond acceptors (Lipinski definition) is 3. The summed E-state index contributed by atoms with van der Waals surface area (Å²) in [5, 5.41) is 3.09. The highest BCUT2D eigenvalue weighted by Crippen LogP contribution is 2.18. The van der Waals surface area contributed by atoms with Crippen LogP contribution in [0.4, 0.5) is 0 Å². The molecule has 0 saturated heterocycles. The number of aromatic nitrogens is 1. The van der Waals surface area contributed by atoms with E-state index in [1.807, 2.05) is 4.90 Å². The molecule has 0 radical (unpaired) electrons. The van der Waals surface area contributed by atoms with Crippen molar-refractivity contribution < 1.29 is 9.59 Å². The largest absolute Gasteiger partial charge is 0.349 e. The maximum atomic E-state index is 12.6. The van der Waals surface area contributed by atoms with Gasteiger partial charge in [0.05, 0.1) is 0 Å². The van der Waals surface area contributed by atoms with Gasteiger partial charge in [-0.25, -0.2) is 0 Å². The van der Waals surface area contributed by atoms with E-state index in [1.54, 1.807) is 18.3 Å². The van der Waals surface area contributed by atoms with Gasteiger partial charge in [0.25, 0.3) is 11.8 Å². The van der Waals surface area contributed by atoms with Crippen molar-refractivity contribution in [2.24, 2.45) is 0 Å². The minimum atomic E-state index is -0.101. The first-order valence-corrected chi connectivity index (χ1v) is 9.21. The fourth-order valence-corrected chi connectivity index (χ4v) is 3.22. The first-order valence-electron chi connectivity index (χ1n) is 9.21. The van der Waals surface area contributed by atoms with Gasteiger partial charge in [0, 0.05) is 30.9 Å². The fourth-order valence-electron chi connectivity index (χ4n) is 3.22. The molecule has 1 aliphatic rings. The van der Waals surface area contributed by atoms with Crippen molar-refractivity contribution in [1.82, 2.24) is 15.2 Å². The topological polar surface area (TPSA) is 62.3 Å². The summed E-state index contributed by atoms with van der Waals surface area (Å²) in [5.74, 6) is -0.193. The number of carbonyl (C=O) groups excluding carboxylic acids is 2. The second-order valence-corrected chi connectivity index (χ2v) is 6.53. The van der Waals surface area contributed by atoms with E-state index < -0.39 is 0 Å². The van der Waals surface area contributed by atoms with Gasteiger partial charge in [-0.1, -0.05) is 33.1 Å². The summed E-state index contributed by atoms with van der Waals surface area (Å²) in [6.07, 6.45) is 9.07. The van der Waals surface area contributed by atoms with E-state index in [4.69, 9.17) is 0 Å². The van der Waals surface area contributed by atoms with Crippen LogP contribution in [-0.4, -0.2) is 40.8 Å². The molecule has 1 aromatic rings. The highest BCUT2D eigenvalue weighted by atomic mass is 16.2. The molecular weight excluding hydrogens is 302 g/mol. The molecule has 1 fully saturated rings. The van der Waals surface area contributed by atoms with Crippen molar-refractivity contribution in [3.05, 3.63) is 29.6 Å². The van der Waals surface area contributed by atoms with Gasteiger partial charge in [0.2, 0.25) is 0 Å². The zero-order valence-electron chi connectivity index (χ0n) is 14.9. The Morgan fingerprint density at radius 2 is 1.83 bits per heavy atom. The number of hydrogen-bond donors (Lipinski definition) is 1. The molecule has 24 heavy (non-hydrogen) atoms. The lowest BCUT2D eigenvalue weighted by molar-refractivity contribution is 0.0749. The van der Waals surface area contributed by atoms with E-state index >= 15 is 0 Å². The lowest BCUT2D eigenvalue weighted by Crippen LogP contribution is -2.36. The molecule has 1 saturated carbocycles. The number of amides is 2. The van der Waals surface area contributed by atoms with Crippen molar-refractivity contribution in [2.45, 2.75) is 64.8 Å². The van der Waals surface area contributed by atoms with Crippen LogP contribution in [0.15, 0.2) is 18.3 Å². The van der Waals surface area contributed by atoms with E-state index in [2.05, 4.69) is 24.1 Å². The Kier molecular flexibility index (Phi) is 7.22. The quantitative estimate of drug-likeness (QED) is 0.833. The van der Waals surface area contributed by atoms with Crippen LogP contribution in [0.3, 0.4) is 0 Å². The van der Waals surface area contributed by atoms with Gasteiger partial charge >= 0.3 is 0 Å². The maximum absolute atomic E-state index is 12.6. The first kappa shape index (κ1) is 18.4. The number of rotatable bonds is 7. The van der Waals surface area contributed by atoms with Crippen LogP contribution in [0.1, 0.15) is 79.6 Å². The summed E-state index contributed by atoms with van der Waals surface area (Å²) in [7, 11) is 0. The zero-order chi connectivity index (χ0) is 17.4. The Labute approximate surface area is 144 Å². The lowest BCUT2D eigenvalue weighted by atomic mass is 9.95. The molecule has 0 bridgehead atoms. The standard InChI is InChI=1S/C19H29N3O2/c1-3-12-22(13-4-2)19(24)17-14-15(10-11-20-17)18(23)21-16-8-6-5-7-9-16/h10-11,14,16H,3-9,12-13H2,1-2H3,(H,21,23). The molecule has 0 aromatic carbocycles. The molecule has 1 aliphatic carbocycles. The second-order valence-electron chi connectivity index (χ2n) is 6.53. The van der Waals surface area contributed by atoms with Crippen LogP contribution in [0.25, 0.3) is 0 Å². The van der Waals surface area contributed by atoms with Crippen LogP contribution in [0.5, 0.6) is 0 Å². The van der Waals surface area contributed by atoms with Crippen LogP contribution < -0.4 is 5.32 Å². The molecule has 0 unspecified atom stereocenters. The Morgan fingerprint density at radius 3 is 2.46 bits per heavy atom. The summed E-state index contributed by atoms with van der Waals surface area (Å²) in [5.41, 5.74) is 0.875. The zero-order valence-corrected chi connectivity index (χ0v) is 14.9. The van der Waals surface area contributed by atoms with Gasteiger partial charge in [-0.3, -0.25) is 14.6 Å². The lowest BCUT2D eigenvalue weighted by Gasteiger charge is -2.23. The van der Waals surface area contributed by atoms with E-state index in [1.165, 1.54) is 19.3 Å². The minimum absolute atomic E-state index is 0.0917. The molecule has 1 aromatic heterocycles. The molecule has 5 nitrogen and oxygen atoms in total. The maximum Gasteiger partial charge on any atom is 0.272 e. The summed E-state index contributed by atoms with van der Waals surface area (Å²) in [6, 6.07) is 3.56. The van der Waals surface area contributed by atoms with Crippen molar-refractivity contribution in [3.63, 3.8) is 0 Å². The van der Waals surface area contributed by atoms with Gasteiger partial charge in [0.1, 0.15) is 5.69 Å². The molecule has 1 heterocycles. The Bertz CT molecular complexity index is 547. The molecule has 132 valence electrons. The summed E-state index contributed by atoms with van der Waals surface area (Å²) in [6.45, 7) is 5.54. The minimum Gasteiger partial charge on any atom is -0.349 e. The molecule has 1 N–H and O–H groups in total. The smallest absolute Gasteiger partial charge is 0.272 e. The van der Waals surface area contributed by atoms with Crippen LogP contribution in [-0.2, 0) is 0 Å². The van der Waals surface area contributed by atoms with Crippen LogP contribution in [0.2, 0.25) is 0 Å². The fraction of sp³-hybridized carbons (Fsp3) is 0.632. The van der Waals surface area contributed by atoms with Gasteiger partial charge in [-0.2, -0.15) is 0 Å². The Morgan fingerprint density at radius 1 is 1.17 bits per heavy atom. The Hall–Kier alpha value is -1.91. The van der Waals surface area contributed by atoms with Crippen molar-refractivity contribution in [3.8, 4) is 0 Å².